The third-order valence-corrected chi connectivity index (χ3v) is 4.35. The van der Waals surface area contributed by atoms with E-state index in [1.54, 1.807) is 31.3 Å². The van der Waals surface area contributed by atoms with Gasteiger partial charge < -0.3 is 15.5 Å². The molecule has 6 nitrogen and oxygen atoms in total. The van der Waals surface area contributed by atoms with Gasteiger partial charge in [-0.25, -0.2) is 0 Å². The Hall–Kier alpha value is -2.86. The highest BCUT2D eigenvalue weighted by Crippen LogP contribution is 2.10. The number of hydrogen-bond donors (Lipinski definition) is 2. The van der Waals surface area contributed by atoms with E-state index in [2.05, 4.69) is 10.6 Å². The van der Waals surface area contributed by atoms with Gasteiger partial charge in [-0.15, -0.1) is 0 Å². The number of aryl methyl sites for hydroxylation is 1. The van der Waals surface area contributed by atoms with Gasteiger partial charge in [0.2, 0.25) is 11.8 Å². The Balaban J connectivity index is 1.67. The summed E-state index contributed by atoms with van der Waals surface area (Å²) in [7, 11) is 1.59. The molecule has 0 aromatic heterocycles. The van der Waals surface area contributed by atoms with Gasteiger partial charge in [-0.2, -0.15) is 0 Å². The van der Waals surface area contributed by atoms with Crippen LogP contribution in [-0.4, -0.2) is 42.8 Å². The average Bonchev–Trinajstić information content (AvgIpc) is 2.67. The second kappa shape index (κ2) is 10.5. The molecule has 0 atom stereocenters. The number of nitrogens with zero attached hydrogens (tertiary/aromatic N) is 1. The fraction of sp³-hybridized carbons (Fsp3) is 0.286. The molecule has 0 aliphatic carbocycles. The van der Waals surface area contributed by atoms with E-state index in [0.29, 0.717) is 29.2 Å². The number of carbonyl (C=O) groups excluding carboxylic acids is 3. The SMILES string of the molecule is Cc1ccc(NC(=O)CN(C)C(=O)CCCNC(=O)c2ccc(Cl)cc2)cc1. The van der Waals surface area contributed by atoms with Crippen molar-refractivity contribution in [1.29, 1.82) is 0 Å². The third-order valence-electron chi connectivity index (χ3n) is 4.10. The van der Waals surface area contributed by atoms with E-state index in [0.717, 1.165) is 5.56 Å². The first-order chi connectivity index (χ1) is 13.3. The second-order valence-corrected chi connectivity index (χ2v) is 6.97. The Morgan fingerprint density at radius 1 is 1.00 bits per heavy atom. The van der Waals surface area contributed by atoms with Crippen LogP contribution < -0.4 is 10.6 Å². The standard InChI is InChI=1S/C21H24ClN3O3/c1-15-5-11-18(12-6-15)24-19(26)14-25(2)20(27)4-3-13-23-21(28)16-7-9-17(22)10-8-16/h5-12H,3-4,13-14H2,1-2H3,(H,23,28)(H,24,26). The van der Waals surface area contributed by atoms with Gasteiger partial charge in [0.25, 0.3) is 5.91 Å². The zero-order valence-electron chi connectivity index (χ0n) is 16.0. The maximum absolute atomic E-state index is 12.1. The summed E-state index contributed by atoms with van der Waals surface area (Å²) in [5.74, 6) is -0.620. The molecule has 0 radical (unpaired) electrons. The molecule has 0 unspecified atom stereocenters. The molecule has 3 amide bonds. The molecule has 0 bridgehead atoms. The van der Waals surface area contributed by atoms with Crippen LogP contribution in [0.5, 0.6) is 0 Å². The van der Waals surface area contributed by atoms with Gasteiger partial charge in [0, 0.05) is 36.3 Å². The topological polar surface area (TPSA) is 78.5 Å². The largest absolute Gasteiger partial charge is 0.352 e. The number of likely N-dealkylation sites (N-methyl/N-ethyl adjacent to an activating group) is 1. The Kier molecular flexibility index (Phi) is 8.02. The summed E-state index contributed by atoms with van der Waals surface area (Å²) in [6.45, 7) is 2.32. The number of halogens is 1. The van der Waals surface area contributed by atoms with Crippen LogP contribution in [0.2, 0.25) is 5.02 Å². The molecule has 2 rings (SSSR count). The lowest BCUT2D eigenvalue weighted by Gasteiger charge is -2.17. The number of rotatable bonds is 8. The number of benzene rings is 2. The monoisotopic (exact) mass is 401 g/mol. The van der Waals surface area contributed by atoms with Gasteiger partial charge in [-0.05, 0) is 49.7 Å². The summed E-state index contributed by atoms with van der Waals surface area (Å²) in [5, 5.41) is 6.08. The highest BCUT2D eigenvalue weighted by molar-refractivity contribution is 6.30. The van der Waals surface area contributed by atoms with Crippen molar-refractivity contribution in [3.8, 4) is 0 Å². The van der Waals surface area contributed by atoms with Gasteiger partial charge >= 0.3 is 0 Å². The number of amides is 3. The smallest absolute Gasteiger partial charge is 0.251 e. The molecular formula is C21H24ClN3O3. The van der Waals surface area contributed by atoms with Crippen molar-refractivity contribution in [3.05, 3.63) is 64.7 Å². The van der Waals surface area contributed by atoms with Gasteiger partial charge in [0.1, 0.15) is 0 Å². The molecule has 0 saturated carbocycles. The summed E-state index contributed by atoms with van der Waals surface area (Å²) >= 11 is 5.79. The molecule has 2 aromatic rings. The van der Waals surface area contributed by atoms with Crippen molar-refractivity contribution in [2.75, 3.05) is 25.5 Å². The zero-order chi connectivity index (χ0) is 20.5. The molecule has 0 fully saturated rings. The first kappa shape index (κ1) is 21.4. The van der Waals surface area contributed by atoms with Crippen molar-refractivity contribution in [3.63, 3.8) is 0 Å². The highest BCUT2D eigenvalue weighted by Gasteiger charge is 2.13. The number of hydrogen-bond acceptors (Lipinski definition) is 3. The Morgan fingerprint density at radius 3 is 2.29 bits per heavy atom. The summed E-state index contributed by atoms with van der Waals surface area (Å²) < 4.78 is 0. The van der Waals surface area contributed by atoms with Crippen molar-refractivity contribution >= 4 is 35.0 Å². The van der Waals surface area contributed by atoms with Crippen molar-refractivity contribution in [2.45, 2.75) is 19.8 Å². The Labute approximate surface area is 169 Å². The van der Waals surface area contributed by atoms with E-state index in [1.807, 2.05) is 31.2 Å². The molecule has 0 saturated heterocycles. The molecule has 148 valence electrons. The van der Waals surface area contributed by atoms with Crippen LogP contribution in [-0.2, 0) is 9.59 Å². The van der Waals surface area contributed by atoms with Crippen LogP contribution >= 0.6 is 11.6 Å². The number of nitrogens with one attached hydrogen (secondary N) is 2. The normalized spacial score (nSPS) is 10.2. The molecule has 0 spiro atoms. The zero-order valence-corrected chi connectivity index (χ0v) is 16.8. The molecule has 0 heterocycles. The van der Waals surface area contributed by atoms with Crippen LogP contribution in [0.3, 0.4) is 0 Å². The van der Waals surface area contributed by atoms with E-state index >= 15 is 0 Å². The van der Waals surface area contributed by atoms with E-state index in [4.69, 9.17) is 11.6 Å². The van der Waals surface area contributed by atoms with Crippen LogP contribution in [0.15, 0.2) is 48.5 Å². The van der Waals surface area contributed by atoms with Crippen LogP contribution in [0, 0.1) is 6.92 Å². The molecule has 0 aliphatic heterocycles. The van der Waals surface area contributed by atoms with Gasteiger partial charge in [0.15, 0.2) is 0 Å². The molecule has 2 aromatic carbocycles. The van der Waals surface area contributed by atoms with E-state index < -0.39 is 0 Å². The van der Waals surface area contributed by atoms with Crippen molar-refractivity contribution < 1.29 is 14.4 Å². The second-order valence-electron chi connectivity index (χ2n) is 6.53. The predicted octanol–water partition coefficient (Wildman–Crippen LogP) is 3.26. The van der Waals surface area contributed by atoms with E-state index in [-0.39, 0.29) is 30.7 Å². The first-order valence-electron chi connectivity index (χ1n) is 8.99. The third kappa shape index (κ3) is 7.04. The molecule has 28 heavy (non-hydrogen) atoms. The average molecular weight is 402 g/mol. The highest BCUT2D eigenvalue weighted by atomic mass is 35.5. The molecule has 2 N–H and O–H groups in total. The quantitative estimate of drug-likeness (QED) is 0.666. The minimum absolute atomic E-state index is 0.0240. The van der Waals surface area contributed by atoms with Crippen molar-refractivity contribution in [1.82, 2.24) is 10.2 Å². The lowest BCUT2D eigenvalue weighted by molar-refractivity contribution is -0.133. The molecule has 0 aliphatic rings. The molecular weight excluding hydrogens is 378 g/mol. The van der Waals surface area contributed by atoms with E-state index in [9.17, 15) is 14.4 Å². The van der Waals surface area contributed by atoms with Crippen LogP contribution in [0.1, 0.15) is 28.8 Å². The molecule has 7 heteroatoms. The minimum atomic E-state index is -0.254. The number of carbonyl (C=O) groups is 3. The number of anilines is 1. The first-order valence-corrected chi connectivity index (χ1v) is 9.37. The van der Waals surface area contributed by atoms with Gasteiger partial charge in [-0.1, -0.05) is 29.3 Å². The predicted molar refractivity (Wildman–Crippen MR) is 110 cm³/mol. The summed E-state index contributed by atoms with van der Waals surface area (Å²) in [4.78, 5) is 37.5. The van der Waals surface area contributed by atoms with Gasteiger partial charge in [0.05, 0.1) is 6.54 Å². The summed E-state index contributed by atoms with van der Waals surface area (Å²) in [6.07, 6.45) is 0.733. The van der Waals surface area contributed by atoms with Crippen LogP contribution in [0.4, 0.5) is 5.69 Å². The maximum atomic E-state index is 12.1. The fourth-order valence-electron chi connectivity index (χ4n) is 2.48. The lowest BCUT2D eigenvalue weighted by atomic mass is 10.2. The van der Waals surface area contributed by atoms with Crippen LogP contribution in [0.25, 0.3) is 0 Å². The Bertz CT molecular complexity index is 820. The Morgan fingerprint density at radius 2 is 1.64 bits per heavy atom. The maximum Gasteiger partial charge on any atom is 0.251 e. The van der Waals surface area contributed by atoms with E-state index in [1.165, 1.54) is 4.90 Å². The van der Waals surface area contributed by atoms with Crippen molar-refractivity contribution in [2.24, 2.45) is 0 Å². The summed E-state index contributed by atoms with van der Waals surface area (Å²) in [6, 6.07) is 14.0. The minimum Gasteiger partial charge on any atom is -0.352 e. The van der Waals surface area contributed by atoms with Gasteiger partial charge in [-0.3, -0.25) is 14.4 Å². The lowest BCUT2D eigenvalue weighted by Crippen LogP contribution is -2.35. The fourth-order valence-corrected chi connectivity index (χ4v) is 2.60. The summed E-state index contributed by atoms with van der Waals surface area (Å²) in [5.41, 5.74) is 2.32.